The molecule has 1 saturated heterocycles. The quantitative estimate of drug-likeness (QED) is 0.654. The lowest BCUT2D eigenvalue weighted by molar-refractivity contribution is -0.384. The molecule has 2 aromatic rings. The van der Waals surface area contributed by atoms with Gasteiger partial charge in [0.25, 0.3) is 11.6 Å². The van der Waals surface area contributed by atoms with E-state index in [4.69, 9.17) is 5.73 Å². The second kappa shape index (κ2) is 5.38. The van der Waals surface area contributed by atoms with Crippen molar-refractivity contribution in [2.45, 2.75) is 19.4 Å². The summed E-state index contributed by atoms with van der Waals surface area (Å²) in [6.07, 6.45) is 0.866. The average molecular weight is 303 g/mol. The van der Waals surface area contributed by atoms with Crippen LogP contribution in [0.4, 0.5) is 5.69 Å². The lowest BCUT2D eigenvalue weighted by atomic mass is 10.1. The molecule has 3 N–H and O–H groups in total. The molecule has 8 heteroatoms. The second-order valence-electron chi connectivity index (χ2n) is 5.70. The normalized spacial score (nSPS) is 21.5. The minimum absolute atomic E-state index is 0.0581. The Labute approximate surface area is 126 Å². The number of fused-ring (bicyclic) bond motifs is 1. The molecule has 0 aliphatic carbocycles. The Bertz CT molecular complexity index is 741. The Hall–Kier alpha value is -2.48. The number of carbonyl (C=O) groups is 1. The molecule has 1 amide bonds. The summed E-state index contributed by atoms with van der Waals surface area (Å²) in [6.45, 7) is 3.12. The Morgan fingerprint density at radius 3 is 3.00 bits per heavy atom. The molecule has 8 nitrogen and oxygen atoms in total. The zero-order valence-corrected chi connectivity index (χ0v) is 12.2. The van der Waals surface area contributed by atoms with E-state index in [1.165, 1.54) is 12.1 Å². The maximum absolute atomic E-state index is 12.7. The van der Waals surface area contributed by atoms with Gasteiger partial charge in [0.1, 0.15) is 0 Å². The van der Waals surface area contributed by atoms with E-state index in [0.717, 1.165) is 6.42 Å². The zero-order valence-electron chi connectivity index (χ0n) is 12.2. The monoisotopic (exact) mass is 303 g/mol. The topological polar surface area (TPSA) is 118 Å². The molecule has 0 bridgehead atoms. The van der Waals surface area contributed by atoms with E-state index in [1.807, 2.05) is 6.92 Å². The van der Waals surface area contributed by atoms with Gasteiger partial charge in [-0.3, -0.25) is 20.0 Å². The summed E-state index contributed by atoms with van der Waals surface area (Å²) in [7, 11) is 0. The van der Waals surface area contributed by atoms with Crippen LogP contribution in [0, 0.1) is 16.0 Å². The number of amides is 1. The molecule has 22 heavy (non-hydrogen) atoms. The lowest BCUT2D eigenvalue weighted by Crippen LogP contribution is -2.34. The van der Waals surface area contributed by atoms with E-state index in [9.17, 15) is 14.9 Å². The Morgan fingerprint density at radius 1 is 1.59 bits per heavy atom. The number of hydrogen-bond acceptors (Lipinski definition) is 5. The number of nitrogens with one attached hydrogen (secondary N) is 1. The summed E-state index contributed by atoms with van der Waals surface area (Å²) >= 11 is 0. The van der Waals surface area contributed by atoms with E-state index in [-0.39, 0.29) is 23.3 Å². The highest BCUT2D eigenvalue weighted by Crippen LogP contribution is 2.27. The third-order valence-electron chi connectivity index (χ3n) is 4.22. The molecule has 1 aliphatic rings. The van der Waals surface area contributed by atoms with E-state index in [2.05, 4.69) is 10.2 Å². The first-order valence-electron chi connectivity index (χ1n) is 7.14. The molecular formula is C14H17N5O3. The van der Waals surface area contributed by atoms with Crippen molar-refractivity contribution in [3.8, 4) is 0 Å². The average Bonchev–Trinajstić information content (AvgIpc) is 3.09. The summed E-state index contributed by atoms with van der Waals surface area (Å²) < 4.78 is 0. The Morgan fingerprint density at radius 2 is 2.36 bits per heavy atom. The lowest BCUT2D eigenvalue weighted by Gasteiger charge is -2.20. The fourth-order valence-corrected chi connectivity index (χ4v) is 3.01. The van der Waals surface area contributed by atoms with Gasteiger partial charge in [0.15, 0.2) is 5.69 Å². The fourth-order valence-electron chi connectivity index (χ4n) is 3.01. The van der Waals surface area contributed by atoms with Crippen molar-refractivity contribution in [1.82, 2.24) is 15.1 Å². The van der Waals surface area contributed by atoms with E-state index in [0.29, 0.717) is 29.9 Å². The number of likely N-dealkylation sites (tertiary alicyclic amines) is 1. The molecule has 2 heterocycles. The fraction of sp³-hybridized carbons (Fsp3) is 0.429. The number of nitrogens with zero attached hydrogens (tertiary/aromatic N) is 3. The van der Waals surface area contributed by atoms with Gasteiger partial charge in [-0.05, 0) is 31.9 Å². The molecule has 1 fully saturated rings. The first-order valence-corrected chi connectivity index (χ1v) is 7.14. The van der Waals surface area contributed by atoms with Crippen molar-refractivity contribution in [1.29, 1.82) is 0 Å². The maximum Gasteiger partial charge on any atom is 0.275 e. The molecular weight excluding hydrogens is 286 g/mol. The molecule has 1 aromatic carbocycles. The highest BCUT2D eigenvalue weighted by Gasteiger charge is 2.34. The number of aromatic amines is 1. The SMILES string of the molecule is CC1CC(CN)CN1C(=O)c1n[nH]c2ccc([N+](=O)[O-])cc12. The van der Waals surface area contributed by atoms with Crippen LogP contribution in [0.3, 0.4) is 0 Å². The van der Waals surface area contributed by atoms with Gasteiger partial charge >= 0.3 is 0 Å². The standard InChI is InChI=1S/C14H17N5O3/c1-8-4-9(6-15)7-18(8)14(20)13-11-5-10(19(21)22)2-3-12(11)16-17-13/h2-3,5,8-9H,4,6-7,15H2,1H3,(H,16,17). The highest BCUT2D eigenvalue weighted by molar-refractivity contribution is 6.05. The van der Waals surface area contributed by atoms with Gasteiger partial charge in [0.2, 0.25) is 0 Å². The number of hydrogen-bond donors (Lipinski definition) is 2. The van der Waals surface area contributed by atoms with Crippen LogP contribution in [0.15, 0.2) is 18.2 Å². The molecule has 0 saturated carbocycles. The number of aromatic nitrogens is 2. The van der Waals surface area contributed by atoms with Crippen LogP contribution in [-0.2, 0) is 0 Å². The predicted molar refractivity (Wildman–Crippen MR) is 80.4 cm³/mol. The van der Waals surface area contributed by atoms with Gasteiger partial charge in [0.05, 0.1) is 10.4 Å². The Kier molecular flexibility index (Phi) is 3.53. The maximum atomic E-state index is 12.7. The molecule has 1 aromatic heterocycles. The van der Waals surface area contributed by atoms with E-state index in [1.54, 1.807) is 11.0 Å². The summed E-state index contributed by atoms with van der Waals surface area (Å²) in [6, 6.07) is 4.42. The van der Waals surface area contributed by atoms with Crippen LogP contribution in [-0.4, -0.2) is 45.1 Å². The molecule has 116 valence electrons. The molecule has 0 spiro atoms. The summed E-state index contributed by atoms with van der Waals surface area (Å²) in [5.74, 6) is 0.0775. The van der Waals surface area contributed by atoms with Gasteiger partial charge < -0.3 is 10.6 Å². The first kappa shape index (κ1) is 14.5. The minimum Gasteiger partial charge on any atom is -0.334 e. The molecule has 2 atom stereocenters. The Balaban J connectivity index is 1.97. The highest BCUT2D eigenvalue weighted by atomic mass is 16.6. The number of rotatable bonds is 3. The van der Waals surface area contributed by atoms with Crippen LogP contribution in [0.2, 0.25) is 0 Å². The number of nitro groups is 1. The van der Waals surface area contributed by atoms with Crippen LogP contribution in [0.25, 0.3) is 10.9 Å². The van der Waals surface area contributed by atoms with Crippen molar-refractivity contribution in [3.63, 3.8) is 0 Å². The van der Waals surface area contributed by atoms with Crippen molar-refractivity contribution >= 4 is 22.5 Å². The summed E-state index contributed by atoms with van der Waals surface area (Å²) in [4.78, 5) is 24.9. The van der Waals surface area contributed by atoms with Crippen molar-refractivity contribution in [3.05, 3.63) is 34.0 Å². The van der Waals surface area contributed by atoms with Crippen molar-refractivity contribution in [2.24, 2.45) is 11.7 Å². The van der Waals surface area contributed by atoms with Gasteiger partial charge in [-0.15, -0.1) is 0 Å². The van der Waals surface area contributed by atoms with Gasteiger partial charge in [-0.1, -0.05) is 0 Å². The number of nitrogens with two attached hydrogens (primary N) is 1. The molecule has 1 aliphatic heterocycles. The number of nitro benzene ring substituents is 1. The third kappa shape index (κ3) is 2.31. The zero-order chi connectivity index (χ0) is 15.9. The number of H-pyrrole nitrogens is 1. The minimum atomic E-state index is -0.483. The number of benzene rings is 1. The van der Waals surface area contributed by atoms with Crippen LogP contribution in [0.1, 0.15) is 23.8 Å². The summed E-state index contributed by atoms with van der Waals surface area (Å²) in [5, 5.41) is 18.2. The first-order chi connectivity index (χ1) is 10.5. The van der Waals surface area contributed by atoms with Crippen LogP contribution < -0.4 is 5.73 Å². The number of non-ortho nitro benzene ring substituents is 1. The van der Waals surface area contributed by atoms with Gasteiger partial charge in [-0.25, -0.2) is 0 Å². The second-order valence-corrected chi connectivity index (χ2v) is 5.70. The van der Waals surface area contributed by atoms with Crippen LogP contribution >= 0.6 is 0 Å². The molecule has 3 rings (SSSR count). The molecule has 0 radical (unpaired) electrons. The summed E-state index contributed by atoms with van der Waals surface area (Å²) in [5.41, 5.74) is 6.46. The van der Waals surface area contributed by atoms with Gasteiger partial charge in [0, 0.05) is 30.1 Å². The van der Waals surface area contributed by atoms with Gasteiger partial charge in [-0.2, -0.15) is 5.10 Å². The van der Waals surface area contributed by atoms with E-state index < -0.39 is 4.92 Å². The molecule has 2 unspecified atom stereocenters. The van der Waals surface area contributed by atoms with Crippen molar-refractivity contribution in [2.75, 3.05) is 13.1 Å². The smallest absolute Gasteiger partial charge is 0.275 e. The third-order valence-corrected chi connectivity index (χ3v) is 4.22. The predicted octanol–water partition coefficient (Wildman–Crippen LogP) is 1.28. The van der Waals surface area contributed by atoms with Crippen molar-refractivity contribution < 1.29 is 9.72 Å². The largest absolute Gasteiger partial charge is 0.334 e. The van der Waals surface area contributed by atoms with Crippen LogP contribution in [0.5, 0.6) is 0 Å². The number of carbonyl (C=O) groups excluding carboxylic acids is 1. The van der Waals surface area contributed by atoms with E-state index >= 15 is 0 Å².